The smallest absolute Gasteiger partial charge is 0.109 e. The quantitative estimate of drug-likeness (QED) is 0.750. The molecule has 0 amide bonds. The second-order valence-corrected chi connectivity index (χ2v) is 4.34. The minimum atomic E-state index is -0.196. The molecule has 1 atom stereocenters. The first-order chi connectivity index (χ1) is 7.29. The lowest BCUT2D eigenvalue weighted by atomic mass is 9.88. The maximum atomic E-state index is 9.44. The third-order valence-electron chi connectivity index (χ3n) is 3.46. The summed E-state index contributed by atoms with van der Waals surface area (Å²) in [6.07, 6.45) is 4.31. The Morgan fingerprint density at radius 1 is 1.33 bits per heavy atom. The van der Waals surface area contributed by atoms with Gasteiger partial charge in [-0.1, -0.05) is 26.7 Å². The van der Waals surface area contributed by atoms with Gasteiger partial charge < -0.3 is 5.32 Å². The van der Waals surface area contributed by atoms with Gasteiger partial charge in [0.05, 0.1) is 6.07 Å². The number of rotatable bonds is 5. The molecule has 0 aromatic rings. The second kappa shape index (κ2) is 6.09. The minimum absolute atomic E-state index is 0.196. The normalized spacial score (nSPS) is 21.9. The summed E-state index contributed by atoms with van der Waals surface area (Å²) in [6, 6.07) is 2.57. The molecule has 1 aliphatic rings. The Bertz CT molecular complexity index is 215. The van der Waals surface area contributed by atoms with Crippen LogP contribution in [0.1, 0.15) is 39.5 Å². The van der Waals surface area contributed by atoms with E-state index in [1.807, 2.05) is 0 Å². The number of nitrogens with one attached hydrogen (secondary N) is 1. The highest BCUT2D eigenvalue weighted by molar-refractivity contribution is 5.08. The first kappa shape index (κ1) is 12.5. The fraction of sp³-hybridized carbons (Fsp3) is 0.917. The molecule has 1 aliphatic heterocycles. The molecule has 3 nitrogen and oxygen atoms in total. The van der Waals surface area contributed by atoms with Crippen LogP contribution in [-0.2, 0) is 0 Å². The molecule has 0 saturated carbocycles. The topological polar surface area (TPSA) is 39.1 Å². The van der Waals surface area contributed by atoms with Crippen molar-refractivity contribution in [3.05, 3.63) is 0 Å². The Morgan fingerprint density at radius 3 is 2.47 bits per heavy atom. The van der Waals surface area contributed by atoms with E-state index in [2.05, 4.69) is 30.1 Å². The van der Waals surface area contributed by atoms with Crippen LogP contribution < -0.4 is 5.32 Å². The molecule has 86 valence electrons. The van der Waals surface area contributed by atoms with Gasteiger partial charge in [0.15, 0.2) is 0 Å². The summed E-state index contributed by atoms with van der Waals surface area (Å²) in [5.41, 5.74) is -0.196. The monoisotopic (exact) mass is 209 g/mol. The summed E-state index contributed by atoms with van der Waals surface area (Å²) >= 11 is 0. The largest absolute Gasteiger partial charge is 0.314 e. The zero-order chi connectivity index (χ0) is 11.1. The van der Waals surface area contributed by atoms with Gasteiger partial charge in [-0.15, -0.1) is 0 Å². The van der Waals surface area contributed by atoms with Crippen LogP contribution in [0.5, 0.6) is 0 Å². The van der Waals surface area contributed by atoms with Crippen molar-refractivity contribution in [2.75, 3.05) is 26.2 Å². The summed E-state index contributed by atoms with van der Waals surface area (Å²) < 4.78 is 0. The number of hydrogen-bond acceptors (Lipinski definition) is 3. The molecule has 1 saturated heterocycles. The molecule has 0 aromatic heterocycles. The predicted molar refractivity (Wildman–Crippen MR) is 62.6 cm³/mol. The van der Waals surface area contributed by atoms with Crippen molar-refractivity contribution in [2.24, 2.45) is 0 Å². The number of piperazine rings is 1. The van der Waals surface area contributed by atoms with Crippen molar-refractivity contribution < 1.29 is 0 Å². The van der Waals surface area contributed by atoms with Gasteiger partial charge in [0.2, 0.25) is 0 Å². The van der Waals surface area contributed by atoms with E-state index in [0.717, 1.165) is 45.4 Å². The van der Waals surface area contributed by atoms with Crippen molar-refractivity contribution >= 4 is 0 Å². The van der Waals surface area contributed by atoms with Crippen LogP contribution in [-0.4, -0.2) is 36.6 Å². The van der Waals surface area contributed by atoms with Gasteiger partial charge in [-0.05, 0) is 12.8 Å². The van der Waals surface area contributed by atoms with E-state index in [1.165, 1.54) is 6.42 Å². The third kappa shape index (κ3) is 2.93. The SMILES string of the molecule is CCCCC(C#N)(CC)N1CCNCC1. The summed E-state index contributed by atoms with van der Waals surface area (Å²) in [5, 5.41) is 12.8. The standard InChI is InChI=1S/C12H23N3/c1-3-5-6-12(4-2,11-13)15-9-7-14-8-10-15/h14H,3-10H2,1-2H3. The molecule has 1 fully saturated rings. The lowest BCUT2D eigenvalue weighted by Crippen LogP contribution is -2.55. The van der Waals surface area contributed by atoms with Gasteiger partial charge >= 0.3 is 0 Å². The Hall–Kier alpha value is -0.590. The molecule has 0 radical (unpaired) electrons. The lowest BCUT2D eigenvalue weighted by Gasteiger charge is -2.40. The molecule has 1 unspecified atom stereocenters. The third-order valence-corrected chi connectivity index (χ3v) is 3.46. The first-order valence-corrected chi connectivity index (χ1v) is 6.16. The van der Waals surface area contributed by atoms with E-state index >= 15 is 0 Å². The highest BCUT2D eigenvalue weighted by Gasteiger charge is 2.34. The maximum Gasteiger partial charge on any atom is 0.109 e. The highest BCUT2D eigenvalue weighted by atomic mass is 15.2. The number of nitriles is 1. The fourth-order valence-electron chi connectivity index (χ4n) is 2.33. The van der Waals surface area contributed by atoms with E-state index in [9.17, 15) is 5.26 Å². The van der Waals surface area contributed by atoms with E-state index in [0.29, 0.717) is 0 Å². The van der Waals surface area contributed by atoms with Crippen LogP contribution in [0.3, 0.4) is 0 Å². The second-order valence-electron chi connectivity index (χ2n) is 4.34. The van der Waals surface area contributed by atoms with Gasteiger partial charge in [-0.2, -0.15) is 5.26 Å². The summed E-state index contributed by atoms with van der Waals surface area (Å²) in [7, 11) is 0. The molecule has 0 spiro atoms. The Balaban J connectivity index is 2.65. The van der Waals surface area contributed by atoms with Crippen molar-refractivity contribution in [1.82, 2.24) is 10.2 Å². The van der Waals surface area contributed by atoms with Gasteiger partial charge in [0, 0.05) is 26.2 Å². The molecule has 0 aromatic carbocycles. The van der Waals surface area contributed by atoms with Crippen molar-refractivity contribution in [3.8, 4) is 6.07 Å². The molecular weight excluding hydrogens is 186 g/mol. The number of hydrogen-bond donors (Lipinski definition) is 1. The summed E-state index contributed by atoms with van der Waals surface area (Å²) in [5.74, 6) is 0. The first-order valence-electron chi connectivity index (χ1n) is 6.16. The molecule has 0 bridgehead atoms. The fourth-order valence-corrected chi connectivity index (χ4v) is 2.33. The van der Waals surface area contributed by atoms with E-state index in [4.69, 9.17) is 0 Å². The molecule has 3 heteroatoms. The van der Waals surface area contributed by atoms with Crippen molar-refractivity contribution in [3.63, 3.8) is 0 Å². The molecule has 1 N–H and O–H groups in total. The Kier molecular flexibility index (Phi) is 5.07. The van der Waals surface area contributed by atoms with Gasteiger partial charge in [0.25, 0.3) is 0 Å². The lowest BCUT2D eigenvalue weighted by molar-refractivity contribution is 0.104. The van der Waals surface area contributed by atoms with Crippen LogP contribution in [0.4, 0.5) is 0 Å². The molecular formula is C12H23N3. The van der Waals surface area contributed by atoms with Crippen molar-refractivity contribution in [1.29, 1.82) is 5.26 Å². The van der Waals surface area contributed by atoms with Gasteiger partial charge in [-0.3, -0.25) is 4.90 Å². The molecule has 1 heterocycles. The van der Waals surface area contributed by atoms with Crippen LogP contribution in [0.2, 0.25) is 0 Å². The van der Waals surface area contributed by atoms with E-state index in [-0.39, 0.29) is 5.54 Å². The number of nitrogens with zero attached hydrogens (tertiary/aromatic N) is 2. The average Bonchev–Trinajstić information content (AvgIpc) is 2.33. The van der Waals surface area contributed by atoms with E-state index < -0.39 is 0 Å². The van der Waals surface area contributed by atoms with Crippen molar-refractivity contribution in [2.45, 2.75) is 45.1 Å². The van der Waals surface area contributed by atoms with Crippen LogP contribution in [0, 0.1) is 11.3 Å². The Labute approximate surface area is 93.5 Å². The molecule has 0 aliphatic carbocycles. The van der Waals surface area contributed by atoms with Crippen LogP contribution in [0.15, 0.2) is 0 Å². The van der Waals surface area contributed by atoms with E-state index in [1.54, 1.807) is 0 Å². The highest BCUT2D eigenvalue weighted by Crippen LogP contribution is 2.26. The number of unbranched alkanes of at least 4 members (excludes halogenated alkanes) is 1. The van der Waals surface area contributed by atoms with Crippen LogP contribution >= 0.6 is 0 Å². The Morgan fingerprint density at radius 2 is 2.00 bits per heavy atom. The van der Waals surface area contributed by atoms with Gasteiger partial charge in [0.1, 0.15) is 5.54 Å². The average molecular weight is 209 g/mol. The summed E-state index contributed by atoms with van der Waals surface area (Å²) in [6.45, 7) is 8.41. The minimum Gasteiger partial charge on any atom is -0.314 e. The summed E-state index contributed by atoms with van der Waals surface area (Å²) in [4.78, 5) is 2.37. The predicted octanol–water partition coefficient (Wildman–Crippen LogP) is 1.75. The van der Waals surface area contributed by atoms with Crippen LogP contribution in [0.25, 0.3) is 0 Å². The zero-order valence-electron chi connectivity index (χ0n) is 10.1. The van der Waals surface area contributed by atoms with Gasteiger partial charge in [-0.25, -0.2) is 0 Å². The zero-order valence-corrected chi connectivity index (χ0v) is 10.1. The maximum absolute atomic E-state index is 9.44. The molecule has 15 heavy (non-hydrogen) atoms. The molecule has 1 rings (SSSR count).